The van der Waals surface area contributed by atoms with Gasteiger partial charge < -0.3 is 14.8 Å². The van der Waals surface area contributed by atoms with Crippen molar-refractivity contribution in [3.8, 4) is 0 Å². The monoisotopic (exact) mass is 249 g/mol. The van der Waals surface area contributed by atoms with E-state index in [1.165, 1.54) is 11.1 Å². The van der Waals surface area contributed by atoms with Crippen molar-refractivity contribution in [2.24, 2.45) is 5.92 Å². The molecule has 1 N–H and O–H groups in total. The second-order valence-corrected chi connectivity index (χ2v) is 4.87. The predicted octanol–water partition coefficient (Wildman–Crippen LogP) is 2.00. The maximum atomic E-state index is 5.82. The number of likely N-dealkylation sites (N-methyl/N-ethyl adjacent to an activating group) is 1. The van der Waals surface area contributed by atoms with E-state index in [0.717, 1.165) is 45.8 Å². The quantitative estimate of drug-likeness (QED) is 0.802. The number of ether oxygens (including phenoxy) is 2. The number of hydrogen-bond donors (Lipinski definition) is 1. The molecule has 0 radical (unpaired) electrons. The van der Waals surface area contributed by atoms with E-state index in [2.05, 4.69) is 29.6 Å². The largest absolute Gasteiger partial charge is 0.381 e. The number of rotatable bonds is 7. The first-order chi connectivity index (χ1) is 8.90. The standard InChI is InChI=1S/C15H23NO2/c1-16-8-6-14-4-2-3-5-15(14)12-18-11-13-7-9-17-10-13/h2-5,13,16H,6-12H2,1H3. The van der Waals surface area contributed by atoms with Gasteiger partial charge >= 0.3 is 0 Å². The summed E-state index contributed by atoms with van der Waals surface area (Å²) in [6.07, 6.45) is 2.20. The minimum Gasteiger partial charge on any atom is -0.381 e. The molecule has 3 nitrogen and oxygen atoms in total. The third-order valence-electron chi connectivity index (χ3n) is 3.40. The Morgan fingerprint density at radius 2 is 2.17 bits per heavy atom. The normalized spacial score (nSPS) is 19.3. The summed E-state index contributed by atoms with van der Waals surface area (Å²) in [5, 5.41) is 3.19. The van der Waals surface area contributed by atoms with E-state index in [-0.39, 0.29) is 0 Å². The SMILES string of the molecule is CNCCc1ccccc1COCC1CCOC1. The summed E-state index contributed by atoms with van der Waals surface area (Å²) in [6.45, 7) is 4.30. The van der Waals surface area contributed by atoms with Gasteiger partial charge in [0.25, 0.3) is 0 Å². The van der Waals surface area contributed by atoms with Crippen LogP contribution in [0, 0.1) is 5.92 Å². The summed E-state index contributed by atoms with van der Waals surface area (Å²) in [4.78, 5) is 0. The molecule has 0 bridgehead atoms. The van der Waals surface area contributed by atoms with Gasteiger partial charge in [0.2, 0.25) is 0 Å². The molecule has 0 amide bonds. The lowest BCUT2D eigenvalue weighted by Gasteiger charge is -2.12. The molecule has 1 aliphatic rings. The van der Waals surface area contributed by atoms with Crippen molar-refractivity contribution in [2.45, 2.75) is 19.4 Å². The fourth-order valence-electron chi connectivity index (χ4n) is 2.25. The van der Waals surface area contributed by atoms with Crippen LogP contribution in [0.15, 0.2) is 24.3 Å². The van der Waals surface area contributed by atoms with E-state index in [0.29, 0.717) is 5.92 Å². The van der Waals surface area contributed by atoms with E-state index in [1.807, 2.05) is 7.05 Å². The van der Waals surface area contributed by atoms with Crippen LogP contribution in [0.4, 0.5) is 0 Å². The maximum Gasteiger partial charge on any atom is 0.0719 e. The summed E-state index contributed by atoms with van der Waals surface area (Å²) >= 11 is 0. The molecular weight excluding hydrogens is 226 g/mol. The molecule has 1 atom stereocenters. The van der Waals surface area contributed by atoms with Gasteiger partial charge in [0, 0.05) is 12.5 Å². The van der Waals surface area contributed by atoms with Gasteiger partial charge in [0.1, 0.15) is 0 Å². The third-order valence-corrected chi connectivity index (χ3v) is 3.40. The molecule has 3 heteroatoms. The Morgan fingerprint density at radius 3 is 2.89 bits per heavy atom. The van der Waals surface area contributed by atoms with Crippen LogP contribution in [0.3, 0.4) is 0 Å². The predicted molar refractivity (Wildman–Crippen MR) is 72.7 cm³/mol. The Balaban J connectivity index is 1.79. The van der Waals surface area contributed by atoms with E-state index in [9.17, 15) is 0 Å². The van der Waals surface area contributed by atoms with E-state index >= 15 is 0 Å². The van der Waals surface area contributed by atoms with Gasteiger partial charge in [0.05, 0.1) is 19.8 Å². The van der Waals surface area contributed by atoms with Crippen LogP contribution in [0.2, 0.25) is 0 Å². The van der Waals surface area contributed by atoms with Crippen molar-refractivity contribution < 1.29 is 9.47 Å². The molecule has 1 saturated heterocycles. The highest BCUT2D eigenvalue weighted by molar-refractivity contribution is 5.26. The maximum absolute atomic E-state index is 5.82. The zero-order valence-electron chi connectivity index (χ0n) is 11.2. The first-order valence-electron chi connectivity index (χ1n) is 6.77. The lowest BCUT2D eigenvalue weighted by atomic mass is 10.1. The highest BCUT2D eigenvalue weighted by atomic mass is 16.5. The van der Waals surface area contributed by atoms with E-state index < -0.39 is 0 Å². The second kappa shape index (κ2) is 7.52. The van der Waals surface area contributed by atoms with Crippen LogP contribution >= 0.6 is 0 Å². The fourth-order valence-corrected chi connectivity index (χ4v) is 2.25. The van der Waals surface area contributed by atoms with Crippen LogP contribution in [-0.2, 0) is 22.5 Å². The molecule has 1 fully saturated rings. The van der Waals surface area contributed by atoms with E-state index in [4.69, 9.17) is 9.47 Å². The Labute approximate surface area is 109 Å². The first kappa shape index (κ1) is 13.5. The highest BCUT2D eigenvalue weighted by Gasteiger charge is 2.15. The van der Waals surface area contributed by atoms with Gasteiger partial charge in [-0.2, -0.15) is 0 Å². The number of nitrogens with one attached hydrogen (secondary N) is 1. The van der Waals surface area contributed by atoms with Gasteiger partial charge in [-0.1, -0.05) is 24.3 Å². The minimum atomic E-state index is 0.592. The molecule has 0 saturated carbocycles. The van der Waals surface area contributed by atoms with Crippen LogP contribution < -0.4 is 5.32 Å². The molecule has 2 rings (SSSR count). The molecule has 1 aromatic rings. The lowest BCUT2D eigenvalue weighted by molar-refractivity contribution is 0.0787. The van der Waals surface area contributed by atoms with Crippen molar-refractivity contribution in [1.29, 1.82) is 0 Å². The Kier molecular flexibility index (Phi) is 5.65. The summed E-state index contributed by atoms with van der Waals surface area (Å²) in [7, 11) is 1.99. The molecule has 1 heterocycles. The molecule has 0 spiro atoms. The van der Waals surface area contributed by atoms with Gasteiger partial charge in [-0.15, -0.1) is 0 Å². The smallest absolute Gasteiger partial charge is 0.0719 e. The molecule has 1 unspecified atom stereocenters. The Bertz CT molecular complexity index is 348. The topological polar surface area (TPSA) is 30.5 Å². The van der Waals surface area contributed by atoms with E-state index in [1.54, 1.807) is 0 Å². The second-order valence-electron chi connectivity index (χ2n) is 4.87. The zero-order valence-corrected chi connectivity index (χ0v) is 11.2. The zero-order chi connectivity index (χ0) is 12.6. The molecule has 0 aromatic heterocycles. The first-order valence-corrected chi connectivity index (χ1v) is 6.77. The van der Waals surface area contributed by atoms with Gasteiger partial charge in [0.15, 0.2) is 0 Å². The van der Waals surface area contributed by atoms with Crippen LogP contribution in [-0.4, -0.2) is 33.4 Å². The summed E-state index contributed by atoms with van der Waals surface area (Å²) in [6, 6.07) is 8.53. The van der Waals surface area contributed by atoms with Crippen molar-refractivity contribution in [3.63, 3.8) is 0 Å². The Hall–Kier alpha value is -0.900. The molecule has 18 heavy (non-hydrogen) atoms. The third kappa shape index (κ3) is 4.09. The fraction of sp³-hybridized carbons (Fsp3) is 0.600. The molecule has 1 aromatic carbocycles. The average molecular weight is 249 g/mol. The van der Waals surface area contributed by atoms with Gasteiger partial charge in [-0.3, -0.25) is 0 Å². The summed E-state index contributed by atoms with van der Waals surface area (Å²) < 4.78 is 11.2. The van der Waals surface area contributed by atoms with Crippen molar-refractivity contribution >= 4 is 0 Å². The lowest BCUT2D eigenvalue weighted by Crippen LogP contribution is -2.13. The Morgan fingerprint density at radius 1 is 1.33 bits per heavy atom. The van der Waals surface area contributed by atoms with Crippen LogP contribution in [0.1, 0.15) is 17.5 Å². The minimum absolute atomic E-state index is 0.592. The number of hydrogen-bond acceptors (Lipinski definition) is 3. The van der Waals surface area contributed by atoms with Gasteiger partial charge in [-0.05, 0) is 37.6 Å². The highest BCUT2D eigenvalue weighted by Crippen LogP contribution is 2.15. The van der Waals surface area contributed by atoms with Crippen molar-refractivity contribution in [1.82, 2.24) is 5.32 Å². The average Bonchev–Trinajstić information content (AvgIpc) is 2.91. The van der Waals surface area contributed by atoms with Gasteiger partial charge in [-0.25, -0.2) is 0 Å². The van der Waals surface area contributed by atoms with Crippen LogP contribution in [0.25, 0.3) is 0 Å². The van der Waals surface area contributed by atoms with Crippen LogP contribution in [0.5, 0.6) is 0 Å². The molecule has 0 aliphatic carbocycles. The summed E-state index contributed by atoms with van der Waals surface area (Å²) in [5.74, 6) is 0.592. The summed E-state index contributed by atoms with van der Waals surface area (Å²) in [5.41, 5.74) is 2.70. The molecule has 1 aliphatic heterocycles. The van der Waals surface area contributed by atoms with Crippen molar-refractivity contribution in [3.05, 3.63) is 35.4 Å². The van der Waals surface area contributed by atoms with Crippen molar-refractivity contribution in [2.75, 3.05) is 33.4 Å². The molecular formula is C15H23NO2. The molecule has 100 valence electrons. The number of benzene rings is 1.